The summed E-state index contributed by atoms with van der Waals surface area (Å²) in [7, 11) is 1.69. The van der Waals surface area contributed by atoms with Crippen molar-refractivity contribution in [2.45, 2.75) is 12.8 Å². The van der Waals surface area contributed by atoms with Crippen molar-refractivity contribution < 1.29 is 4.74 Å². The first kappa shape index (κ1) is 14.7. The van der Waals surface area contributed by atoms with E-state index >= 15 is 0 Å². The molecule has 0 saturated heterocycles. The minimum atomic E-state index is 0.746. The molecule has 0 aliphatic heterocycles. The molecule has 0 unspecified atom stereocenters. The summed E-state index contributed by atoms with van der Waals surface area (Å²) in [5.74, 6) is 0.907. The second-order valence-corrected chi connectivity index (χ2v) is 4.33. The van der Waals surface area contributed by atoms with Gasteiger partial charge in [0.2, 0.25) is 0 Å². The number of methoxy groups -OCH3 is 1. The van der Waals surface area contributed by atoms with E-state index < -0.39 is 0 Å². The normalized spacial score (nSPS) is 10.6. The third-order valence-electron chi connectivity index (χ3n) is 2.94. The topological polar surface area (TPSA) is 38.5 Å². The lowest BCUT2D eigenvalue weighted by molar-refractivity contribution is 0.304. The number of nitrogens with zero attached hydrogens (tertiary/aromatic N) is 1. The molecule has 0 aliphatic rings. The van der Waals surface area contributed by atoms with Gasteiger partial charge in [-0.25, -0.2) is 0 Å². The van der Waals surface area contributed by atoms with Crippen LogP contribution in [-0.4, -0.2) is 38.2 Å². The van der Waals surface area contributed by atoms with Gasteiger partial charge in [0, 0.05) is 13.1 Å². The number of nitrogens with two attached hydrogens (primary N) is 1. The summed E-state index contributed by atoms with van der Waals surface area (Å²) >= 11 is 0. The van der Waals surface area contributed by atoms with Crippen LogP contribution in [0.2, 0.25) is 0 Å². The molecule has 0 atom stereocenters. The SMILES string of the molecule is C=CCN(CCCN)CCc1ccc(OC)cc1. The van der Waals surface area contributed by atoms with Crippen LogP contribution in [0.4, 0.5) is 0 Å². The van der Waals surface area contributed by atoms with E-state index in [-0.39, 0.29) is 0 Å². The molecule has 0 saturated carbocycles. The van der Waals surface area contributed by atoms with Crippen LogP contribution in [0.1, 0.15) is 12.0 Å². The van der Waals surface area contributed by atoms with E-state index in [1.165, 1.54) is 5.56 Å². The lowest BCUT2D eigenvalue weighted by atomic mass is 10.1. The van der Waals surface area contributed by atoms with Crippen molar-refractivity contribution in [1.29, 1.82) is 0 Å². The van der Waals surface area contributed by atoms with Crippen molar-refractivity contribution in [3.05, 3.63) is 42.5 Å². The van der Waals surface area contributed by atoms with Crippen LogP contribution in [0, 0.1) is 0 Å². The first-order valence-corrected chi connectivity index (χ1v) is 6.46. The Morgan fingerprint density at radius 1 is 1.28 bits per heavy atom. The number of hydrogen-bond donors (Lipinski definition) is 1. The zero-order chi connectivity index (χ0) is 13.2. The van der Waals surface area contributed by atoms with Crippen LogP contribution >= 0.6 is 0 Å². The first-order chi connectivity index (χ1) is 8.80. The maximum absolute atomic E-state index is 5.55. The van der Waals surface area contributed by atoms with Gasteiger partial charge in [-0.05, 0) is 43.6 Å². The number of rotatable bonds is 9. The molecule has 0 bridgehead atoms. The molecule has 0 aromatic heterocycles. The summed E-state index contributed by atoms with van der Waals surface area (Å²) in [5, 5.41) is 0. The summed E-state index contributed by atoms with van der Waals surface area (Å²) in [6.45, 7) is 7.55. The van der Waals surface area contributed by atoms with Crippen molar-refractivity contribution in [1.82, 2.24) is 4.90 Å². The summed E-state index contributed by atoms with van der Waals surface area (Å²) in [6.07, 6.45) is 4.03. The zero-order valence-corrected chi connectivity index (χ0v) is 11.3. The predicted molar refractivity (Wildman–Crippen MR) is 77.0 cm³/mol. The van der Waals surface area contributed by atoms with Crippen molar-refractivity contribution in [2.75, 3.05) is 33.3 Å². The van der Waals surface area contributed by atoms with Gasteiger partial charge in [-0.3, -0.25) is 4.90 Å². The van der Waals surface area contributed by atoms with Crippen LogP contribution in [-0.2, 0) is 6.42 Å². The highest BCUT2D eigenvalue weighted by molar-refractivity contribution is 5.27. The highest BCUT2D eigenvalue weighted by atomic mass is 16.5. The van der Waals surface area contributed by atoms with Gasteiger partial charge in [0.05, 0.1) is 7.11 Å². The molecule has 3 nitrogen and oxygen atoms in total. The summed E-state index contributed by atoms with van der Waals surface area (Å²) in [6, 6.07) is 8.25. The lowest BCUT2D eigenvalue weighted by Crippen LogP contribution is -2.28. The molecule has 1 aromatic rings. The average molecular weight is 248 g/mol. The van der Waals surface area contributed by atoms with Crippen LogP contribution < -0.4 is 10.5 Å². The molecule has 18 heavy (non-hydrogen) atoms. The Morgan fingerprint density at radius 2 is 2.00 bits per heavy atom. The van der Waals surface area contributed by atoms with Gasteiger partial charge in [-0.1, -0.05) is 18.2 Å². The number of ether oxygens (including phenoxy) is 1. The number of hydrogen-bond acceptors (Lipinski definition) is 3. The van der Waals surface area contributed by atoms with E-state index in [1.54, 1.807) is 7.11 Å². The molecule has 1 aromatic carbocycles. The summed E-state index contributed by atoms with van der Waals surface area (Å²) < 4.78 is 5.15. The standard InChI is InChI=1S/C15H24N2O/c1-3-11-17(12-4-10-16)13-9-14-5-7-15(18-2)8-6-14/h3,5-8H,1,4,9-13,16H2,2H3. The molecule has 0 radical (unpaired) electrons. The van der Waals surface area contributed by atoms with E-state index in [2.05, 4.69) is 23.6 Å². The van der Waals surface area contributed by atoms with Crippen molar-refractivity contribution in [3.8, 4) is 5.75 Å². The van der Waals surface area contributed by atoms with Gasteiger partial charge in [-0.2, -0.15) is 0 Å². The van der Waals surface area contributed by atoms with Crippen molar-refractivity contribution >= 4 is 0 Å². The quantitative estimate of drug-likeness (QED) is 0.680. The zero-order valence-electron chi connectivity index (χ0n) is 11.3. The maximum atomic E-state index is 5.55. The third kappa shape index (κ3) is 5.34. The molecule has 100 valence electrons. The highest BCUT2D eigenvalue weighted by Gasteiger charge is 2.03. The van der Waals surface area contributed by atoms with Crippen LogP contribution in [0.25, 0.3) is 0 Å². The molecule has 0 aliphatic carbocycles. The highest BCUT2D eigenvalue weighted by Crippen LogP contribution is 2.12. The number of benzene rings is 1. The molecule has 0 fully saturated rings. The Hall–Kier alpha value is -1.32. The molecule has 0 heterocycles. The maximum Gasteiger partial charge on any atom is 0.118 e. The molecule has 2 N–H and O–H groups in total. The van der Waals surface area contributed by atoms with Gasteiger partial charge < -0.3 is 10.5 Å². The molecule has 3 heteroatoms. The minimum Gasteiger partial charge on any atom is -0.497 e. The Kier molecular flexibility index (Phi) is 7.14. The fourth-order valence-electron chi connectivity index (χ4n) is 1.87. The largest absolute Gasteiger partial charge is 0.497 e. The Bertz CT molecular complexity index is 335. The molecule has 0 spiro atoms. The van der Waals surface area contributed by atoms with E-state index in [9.17, 15) is 0 Å². The Labute approximate surface area is 110 Å². The average Bonchev–Trinajstić information content (AvgIpc) is 2.42. The van der Waals surface area contributed by atoms with E-state index in [1.807, 2.05) is 18.2 Å². The minimum absolute atomic E-state index is 0.746. The fourth-order valence-corrected chi connectivity index (χ4v) is 1.87. The third-order valence-corrected chi connectivity index (χ3v) is 2.94. The van der Waals surface area contributed by atoms with Gasteiger partial charge in [-0.15, -0.1) is 6.58 Å². The Balaban J connectivity index is 2.41. The van der Waals surface area contributed by atoms with Gasteiger partial charge in [0.1, 0.15) is 5.75 Å². The Morgan fingerprint density at radius 3 is 2.56 bits per heavy atom. The van der Waals surface area contributed by atoms with Crippen molar-refractivity contribution in [2.24, 2.45) is 5.73 Å². The van der Waals surface area contributed by atoms with Crippen molar-refractivity contribution in [3.63, 3.8) is 0 Å². The van der Waals surface area contributed by atoms with Gasteiger partial charge in [0.25, 0.3) is 0 Å². The molecular weight excluding hydrogens is 224 g/mol. The smallest absolute Gasteiger partial charge is 0.118 e. The first-order valence-electron chi connectivity index (χ1n) is 6.46. The predicted octanol–water partition coefficient (Wildman–Crippen LogP) is 2.07. The van der Waals surface area contributed by atoms with Gasteiger partial charge >= 0.3 is 0 Å². The van der Waals surface area contributed by atoms with Crippen LogP contribution in [0.15, 0.2) is 36.9 Å². The second kappa shape index (κ2) is 8.72. The molecule has 0 amide bonds. The van der Waals surface area contributed by atoms with E-state index in [0.717, 1.165) is 44.8 Å². The fraction of sp³-hybridized carbons (Fsp3) is 0.467. The van der Waals surface area contributed by atoms with Gasteiger partial charge in [0.15, 0.2) is 0 Å². The van der Waals surface area contributed by atoms with E-state index in [4.69, 9.17) is 10.5 Å². The summed E-state index contributed by atoms with van der Waals surface area (Å²) in [5.41, 5.74) is 6.88. The summed E-state index contributed by atoms with van der Waals surface area (Å²) in [4.78, 5) is 2.38. The lowest BCUT2D eigenvalue weighted by Gasteiger charge is -2.20. The molecular formula is C15H24N2O. The van der Waals surface area contributed by atoms with Crippen LogP contribution in [0.3, 0.4) is 0 Å². The monoisotopic (exact) mass is 248 g/mol. The second-order valence-electron chi connectivity index (χ2n) is 4.33. The van der Waals surface area contributed by atoms with E-state index in [0.29, 0.717) is 0 Å². The van der Waals surface area contributed by atoms with Crippen LogP contribution in [0.5, 0.6) is 5.75 Å². The molecule has 1 rings (SSSR count).